The second kappa shape index (κ2) is 8.52. The van der Waals surface area contributed by atoms with Crippen LogP contribution in [0.2, 0.25) is 0 Å². The van der Waals surface area contributed by atoms with Gasteiger partial charge in [-0.15, -0.1) is 0 Å². The van der Waals surface area contributed by atoms with Crippen LogP contribution in [-0.2, 0) is 9.59 Å². The second-order valence-corrected chi connectivity index (χ2v) is 8.68. The van der Waals surface area contributed by atoms with Gasteiger partial charge in [0.1, 0.15) is 6.54 Å². The number of rotatable bonds is 5. The maximum atomic E-state index is 12.4. The van der Waals surface area contributed by atoms with E-state index in [-0.39, 0.29) is 29.8 Å². The third-order valence-corrected chi connectivity index (χ3v) is 5.90. The fourth-order valence-corrected chi connectivity index (χ4v) is 4.37. The number of alkyl halides is 3. The molecule has 0 saturated carbocycles. The van der Waals surface area contributed by atoms with Gasteiger partial charge in [0.15, 0.2) is 5.82 Å². The van der Waals surface area contributed by atoms with E-state index in [4.69, 9.17) is 4.52 Å². The molecule has 168 valence electrons. The molecule has 2 aliphatic heterocycles. The van der Waals surface area contributed by atoms with E-state index >= 15 is 0 Å². The van der Waals surface area contributed by atoms with E-state index in [0.717, 1.165) is 12.8 Å². The van der Waals surface area contributed by atoms with Crippen molar-refractivity contribution in [1.29, 1.82) is 0 Å². The van der Waals surface area contributed by atoms with Crippen LogP contribution in [0.5, 0.6) is 0 Å². The van der Waals surface area contributed by atoms with Gasteiger partial charge < -0.3 is 14.7 Å². The van der Waals surface area contributed by atoms with Crippen LogP contribution in [0.1, 0.15) is 50.9 Å². The highest BCUT2D eigenvalue weighted by molar-refractivity contribution is 5.78. The minimum atomic E-state index is -4.46. The summed E-state index contributed by atoms with van der Waals surface area (Å²) in [6.45, 7) is 5.67. The molecule has 1 unspecified atom stereocenters. The first-order valence-corrected chi connectivity index (χ1v) is 10.1. The number of hydrogen-bond donors (Lipinski definition) is 1. The van der Waals surface area contributed by atoms with Crippen molar-refractivity contribution in [2.45, 2.75) is 52.3 Å². The summed E-state index contributed by atoms with van der Waals surface area (Å²) in [5.41, 5.74) is -0.148. The summed E-state index contributed by atoms with van der Waals surface area (Å²) in [5.74, 6) is 0.192. The zero-order valence-corrected chi connectivity index (χ0v) is 17.5. The molecule has 0 aliphatic carbocycles. The zero-order chi connectivity index (χ0) is 22.1. The number of aromatic nitrogens is 2. The number of nitrogens with one attached hydrogen (secondary N) is 1. The molecule has 1 spiro atoms. The van der Waals surface area contributed by atoms with Gasteiger partial charge in [0.25, 0.3) is 0 Å². The molecule has 1 aromatic rings. The lowest BCUT2D eigenvalue weighted by atomic mass is 9.76. The molecule has 30 heavy (non-hydrogen) atoms. The van der Waals surface area contributed by atoms with Crippen molar-refractivity contribution in [3.05, 3.63) is 11.7 Å². The maximum absolute atomic E-state index is 12.4. The van der Waals surface area contributed by atoms with E-state index in [1.54, 1.807) is 6.92 Å². The van der Waals surface area contributed by atoms with Crippen LogP contribution in [0.25, 0.3) is 0 Å². The summed E-state index contributed by atoms with van der Waals surface area (Å²) >= 11 is 0. The maximum Gasteiger partial charge on any atom is 0.405 e. The van der Waals surface area contributed by atoms with Gasteiger partial charge in [-0.25, -0.2) is 0 Å². The van der Waals surface area contributed by atoms with Crippen molar-refractivity contribution in [2.75, 3.05) is 32.7 Å². The molecule has 1 N–H and O–H groups in total. The summed E-state index contributed by atoms with van der Waals surface area (Å²) in [7, 11) is 0. The van der Waals surface area contributed by atoms with Crippen LogP contribution in [0.3, 0.4) is 0 Å². The van der Waals surface area contributed by atoms with Crippen molar-refractivity contribution in [3.8, 4) is 0 Å². The normalized spacial score (nSPS) is 22.1. The Bertz CT molecular complexity index is 772. The lowest BCUT2D eigenvalue weighted by Gasteiger charge is -2.40. The number of carbonyl (C=O) groups excluding carboxylic acids is 2. The summed E-state index contributed by atoms with van der Waals surface area (Å²) in [6.07, 6.45) is -2.28. The minimum Gasteiger partial charge on any atom is -0.346 e. The van der Waals surface area contributed by atoms with Crippen LogP contribution in [0, 0.1) is 18.3 Å². The van der Waals surface area contributed by atoms with Crippen molar-refractivity contribution in [2.24, 2.45) is 11.3 Å². The molecule has 2 fully saturated rings. The van der Waals surface area contributed by atoms with Gasteiger partial charge in [-0.1, -0.05) is 19.0 Å². The molecule has 2 amide bonds. The summed E-state index contributed by atoms with van der Waals surface area (Å²) in [5, 5.41) is 5.74. The minimum absolute atomic E-state index is 0.0643. The fourth-order valence-electron chi connectivity index (χ4n) is 4.37. The van der Waals surface area contributed by atoms with Gasteiger partial charge in [0.2, 0.25) is 17.7 Å². The Morgan fingerprint density at radius 1 is 1.30 bits per heavy atom. The van der Waals surface area contributed by atoms with Crippen LogP contribution in [0.15, 0.2) is 4.52 Å². The zero-order valence-electron chi connectivity index (χ0n) is 17.5. The van der Waals surface area contributed by atoms with E-state index in [0.29, 0.717) is 37.8 Å². The highest BCUT2D eigenvalue weighted by Crippen LogP contribution is 2.48. The number of carbonyl (C=O) groups is 2. The molecule has 0 radical (unpaired) electrons. The largest absolute Gasteiger partial charge is 0.405 e. The quantitative estimate of drug-likeness (QED) is 0.768. The molecule has 1 atom stereocenters. The Hall–Kier alpha value is -2.17. The summed E-state index contributed by atoms with van der Waals surface area (Å²) in [6, 6.07) is -0.338. The van der Waals surface area contributed by atoms with Gasteiger partial charge in [-0.05, 0) is 31.6 Å². The number of piperidine rings is 1. The SMILES string of the molecule is Cc1noc(C2CC3(CCN(C(=O)C(C)C)CC3)CN2CC(=O)NCC(F)(F)F)n1. The van der Waals surface area contributed by atoms with E-state index < -0.39 is 18.6 Å². The number of amides is 2. The van der Waals surface area contributed by atoms with E-state index in [9.17, 15) is 22.8 Å². The third kappa shape index (κ3) is 5.30. The van der Waals surface area contributed by atoms with E-state index in [1.807, 2.05) is 29.0 Å². The standard InChI is InChI=1S/C19H28F3N5O3/c1-12(2)17(29)26-6-4-18(5-7-26)8-14(16-24-13(3)25-30-16)27(11-18)9-15(28)23-10-19(20,21)22/h12,14H,4-11H2,1-3H3,(H,23,28). The van der Waals surface area contributed by atoms with Gasteiger partial charge >= 0.3 is 6.18 Å². The lowest BCUT2D eigenvalue weighted by Crippen LogP contribution is -2.46. The smallest absolute Gasteiger partial charge is 0.346 e. The number of halogens is 3. The number of aryl methyl sites for hydroxylation is 1. The predicted molar refractivity (Wildman–Crippen MR) is 100 cm³/mol. The highest BCUT2D eigenvalue weighted by Gasteiger charge is 2.48. The van der Waals surface area contributed by atoms with Gasteiger partial charge in [-0.2, -0.15) is 18.2 Å². The van der Waals surface area contributed by atoms with Crippen molar-refractivity contribution < 1.29 is 27.3 Å². The van der Waals surface area contributed by atoms with Crippen LogP contribution in [-0.4, -0.2) is 70.7 Å². The van der Waals surface area contributed by atoms with Crippen LogP contribution < -0.4 is 5.32 Å². The Labute approximate surface area is 173 Å². The molecule has 2 saturated heterocycles. The molecule has 8 nitrogen and oxygen atoms in total. The molecule has 11 heteroatoms. The first-order valence-electron chi connectivity index (χ1n) is 10.1. The topological polar surface area (TPSA) is 91.6 Å². The Morgan fingerprint density at radius 3 is 2.50 bits per heavy atom. The number of nitrogens with zero attached hydrogens (tertiary/aromatic N) is 4. The summed E-state index contributed by atoms with van der Waals surface area (Å²) in [4.78, 5) is 32.4. The predicted octanol–water partition coefficient (Wildman–Crippen LogP) is 2.07. The second-order valence-electron chi connectivity index (χ2n) is 8.68. The Kier molecular flexibility index (Phi) is 6.40. The molecule has 1 aromatic heterocycles. The van der Waals surface area contributed by atoms with E-state index in [1.165, 1.54) is 0 Å². The van der Waals surface area contributed by atoms with Crippen molar-refractivity contribution in [3.63, 3.8) is 0 Å². The molecular formula is C19H28F3N5O3. The highest BCUT2D eigenvalue weighted by atomic mass is 19.4. The monoisotopic (exact) mass is 431 g/mol. The third-order valence-electron chi connectivity index (χ3n) is 5.90. The fraction of sp³-hybridized carbons (Fsp3) is 0.789. The Balaban J connectivity index is 1.70. The van der Waals surface area contributed by atoms with Gasteiger partial charge in [-0.3, -0.25) is 14.5 Å². The molecule has 3 rings (SSSR count). The first kappa shape index (κ1) is 22.5. The van der Waals surface area contributed by atoms with Crippen molar-refractivity contribution in [1.82, 2.24) is 25.3 Å². The molecule has 3 heterocycles. The summed E-state index contributed by atoms with van der Waals surface area (Å²) < 4.78 is 42.6. The number of hydrogen-bond acceptors (Lipinski definition) is 6. The van der Waals surface area contributed by atoms with E-state index in [2.05, 4.69) is 10.1 Å². The van der Waals surface area contributed by atoms with Crippen molar-refractivity contribution >= 4 is 11.8 Å². The average molecular weight is 431 g/mol. The molecule has 0 aromatic carbocycles. The van der Waals surface area contributed by atoms with Gasteiger partial charge in [0.05, 0.1) is 12.6 Å². The van der Waals surface area contributed by atoms with Crippen LogP contribution in [0.4, 0.5) is 13.2 Å². The van der Waals surface area contributed by atoms with Crippen LogP contribution >= 0.6 is 0 Å². The first-order chi connectivity index (χ1) is 14.0. The molecule has 0 bridgehead atoms. The molecular weight excluding hydrogens is 403 g/mol. The average Bonchev–Trinajstić information content (AvgIpc) is 3.23. The van der Waals surface area contributed by atoms with Gasteiger partial charge in [0, 0.05) is 25.6 Å². The number of likely N-dealkylation sites (tertiary alicyclic amines) is 2. The lowest BCUT2D eigenvalue weighted by molar-refractivity contribution is -0.139. The Morgan fingerprint density at radius 2 is 1.97 bits per heavy atom. The molecule has 2 aliphatic rings.